The molecule has 1 N–H and O–H groups in total. The highest BCUT2D eigenvalue weighted by atomic mass is 16.6. The first-order valence-electron chi connectivity index (χ1n) is 9.57. The van der Waals surface area contributed by atoms with E-state index in [1.807, 2.05) is 18.2 Å². The van der Waals surface area contributed by atoms with Gasteiger partial charge in [-0.2, -0.15) is 0 Å². The van der Waals surface area contributed by atoms with E-state index in [0.717, 1.165) is 48.2 Å². The molecule has 2 aliphatic heterocycles. The average Bonchev–Trinajstić information content (AvgIpc) is 2.73. The first-order valence-corrected chi connectivity index (χ1v) is 9.57. The van der Waals surface area contributed by atoms with E-state index < -0.39 is 0 Å². The molecule has 3 aromatic rings. The van der Waals surface area contributed by atoms with Crippen molar-refractivity contribution < 1.29 is 9.47 Å². The molecule has 6 nitrogen and oxygen atoms in total. The number of anilines is 3. The zero-order valence-electron chi connectivity index (χ0n) is 15.8. The number of fused-ring (bicyclic) bond motifs is 2. The summed E-state index contributed by atoms with van der Waals surface area (Å²) in [5.41, 5.74) is 5.70. The molecule has 0 fully saturated rings. The summed E-state index contributed by atoms with van der Waals surface area (Å²) in [6, 6.07) is 14.5. The van der Waals surface area contributed by atoms with Crippen LogP contribution in [0, 0.1) is 6.92 Å². The maximum atomic E-state index is 5.68. The standard InChI is InChI=1S/C22H22N4O2/c1-15-3-2-4-17(11-15)26-8-7-18-19(13-26)23-14-24-22(18)25-16-5-6-20-21(12-16)28-10-9-27-20/h2-6,11-12,14H,7-10,13H2,1H3,(H,23,24,25). The molecule has 142 valence electrons. The van der Waals surface area contributed by atoms with Gasteiger partial charge in [-0.1, -0.05) is 12.1 Å². The second kappa shape index (κ2) is 7.03. The number of aromatic nitrogens is 2. The van der Waals surface area contributed by atoms with Crippen molar-refractivity contribution in [2.24, 2.45) is 0 Å². The van der Waals surface area contributed by atoms with Gasteiger partial charge in [-0.25, -0.2) is 9.97 Å². The number of nitrogens with zero attached hydrogens (tertiary/aromatic N) is 3. The highest BCUT2D eigenvalue weighted by molar-refractivity contribution is 5.65. The monoisotopic (exact) mass is 374 g/mol. The van der Waals surface area contributed by atoms with Gasteiger partial charge in [-0.3, -0.25) is 0 Å². The topological polar surface area (TPSA) is 59.5 Å². The molecular formula is C22H22N4O2. The Morgan fingerprint density at radius 3 is 2.79 bits per heavy atom. The van der Waals surface area contributed by atoms with Crippen molar-refractivity contribution in [1.82, 2.24) is 9.97 Å². The van der Waals surface area contributed by atoms with Gasteiger partial charge in [-0.15, -0.1) is 0 Å². The highest BCUT2D eigenvalue weighted by Gasteiger charge is 2.22. The fourth-order valence-electron chi connectivity index (χ4n) is 3.76. The number of hydrogen-bond donors (Lipinski definition) is 1. The SMILES string of the molecule is Cc1cccc(N2CCc3c(ncnc3Nc3ccc4c(c3)OCCO4)C2)c1. The summed E-state index contributed by atoms with van der Waals surface area (Å²) < 4.78 is 11.3. The molecular weight excluding hydrogens is 352 g/mol. The Bertz CT molecular complexity index is 1020. The summed E-state index contributed by atoms with van der Waals surface area (Å²) >= 11 is 0. The Kier molecular flexibility index (Phi) is 4.24. The van der Waals surface area contributed by atoms with Crippen LogP contribution in [0.4, 0.5) is 17.2 Å². The summed E-state index contributed by atoms with van der Waals surface area (Å²) in [5, 5.41) is 3.44. The minimum Gasteiger partial charge on any atom is -0.486 e. The summed E-state index contributed by atoms with van der Waals surface area (Å²) in [7, 11) is 0. The lowest BCUT2D eigenvalue weighted by Crippen LogP contribution is -2.31. The molecule has 0 saturated carbocycles. The molecule has 1 aromatic heterocycles. The molecule has 0 aliphatic carbocycles. The number of nitrogens with one attached hydrogen (secondary N) is 1. The molecule has 28 heavy (non-hydrogen) atoms. The van der Waals surface area contributed by atoms with Crippen molar-refractivity contribution in [3.05, 3.63) is 65.6 Å². The third-order valence-electron chi connectivity index (χ3n) is 5.18. The van der Waals surface area contributed by atoms with Crippen LogP contribution in [0.1, 0.15) is 16.8 Å². The third kappa shape index (κ3) is 3.22. The fourth-order valence-corrected chi connectivity index (χ4v) is 3.76. The van der Waals surface area contributed by atoms with Gasteiger partial charge in [0.1, 0.15) is 25.4 Å². The number of hydrogen-bond acceptors (Lipinski definition) is 6. The Morgan fingerprint density at radius 1 is 1.00 bits per heavy atom. The van der Waals surface area contributed by atoms with Crippen molar-refractivity contribution in [1.29, 1.82) is 0 Å². The summed E-state index contributed by atoms with van der Waals surface area (Å²) in [5.74, 6) is 2.42. The molecule has 0 amide bonds. The van der Waals surface area contributed by atoms with Gasteiger partial charge < -0.3 is 19.7 Å². The largest absolute Gasteiger partial charge is 0.486 e. The predicted molar refractivity (Wildman–Crippen MR) is 109 cm³/mol. The Morgan fingerprint density at radius 2 is 1.89 bits per heavy atom. The number of aryl methyl sites for hydroxylation is 1. The lowest BCUT2D eigenvalue weighted by molar-refractivity contribution is 0.171. The summed E-state index contributed by atoms with van der Waals surface area (Å²) in [6.07, 6.45) is 2.54. The van der Waals surface area contributed by atoms with E-state index in [2.05, 4.69) is 51.4 Å². The molecule has 5 rings (SSSR count). The van der Waals surface area contributed by atoms with E-state index >= 15 is 0 Å². The molecule has 3 heterocycles. The van der Waals surface area contributed by atoms with Crippen LogP contribution in [-0.2, 0) is 13.0 Å². The van der Waals surface area contributed by atoms with Gasteiger partial charge in [0.2, 0.25) is 0 Å². The minimum atomic E-state index is 0.578. The van der Waals surface area contributed by atoms with E-state index in [1.54, 1.807) is 6.33 Å². The van der Waals surface area contributed by atoms with Gasteiger partial charge >= 0.3 is 0 Å². The van der Waals surface area contributed by atoms with Gasteiger partial charge in [0.15, 0.2) is 11.5 Å². The highest BCUT2D eigenvalue weighted by Crippen LogP contribution is 2.34. The van der Waals surface area contributed by atoms with Gasteiger partial charge in [0, 0.05) is 29.5 Å². The van der Waals surface area contributed by atoms with Crippen molar-refractivity contribution in [2.45, 2.75) is 19.9 Å². The van der Waals surface area contributed by atoms with Crippen molar-refractivity contribution in [3.8, 4) is 11.5 Å². The van der Waals surface area contributed by atoms with E-state index in [0.29, 0.717) is 13.2 Å². The van der Waals surface area contributed by atoms with Crippen LogP contribution in [0.25, 0.3) is 0 Å². The van der Waals surface area contributed by atoms with Crippen molar-refractivity contribution in [3.63, 3.8) is 0 Å². The lowest BCUT2D eigenvalue weighted by atomic mass is 10.0. The zero-order chi connectivity index (χ0) is 18.9. The molecule has 0 saturated heterocycles. The fraction of sp³-hybridized carbons (Fsp3) is 0.273. The lowest BCUT2D eigenvalue weighted by Gasteiger charge is -2.31. The Balaban J connectivity index is 1.39. The Hall–Kier alpha value is -3.28. The molecule has 0 radical (unpaired) electrons. The van der Waals surface area contributed by atoms with Gasteiger partial charge in [-0.05, 0) is 43.2 Å². The summed E-state index contributed by atoms with van der Waals surface area (Å²) in [4.78, 5) is 11.4. The van der Waals surface area contributed by atoms with Crippen LogP contribution >= 0.6 is 0 Å². The molecule has 0 atom stereocenters. The molecule has 0 unspecified atom stereocenters. The van der Waals surface area contributed by atoms with Crippen LogP contribution in [-0.4, -0.2) is 29.7 Å². The number of ether oxygens (including phenoxy) is 2. The number of rotatable bonds is 3. The first-order chi connectivity index (χ1) is 13.8. The van der Waals surface area contributed by atoms with E-state index in [9.17, 15) is 0 Å². The van der Waals surface area contributed by atoms with Crippen LogP contribution in [0.2, 0.25) is 0 Å². The maximum Gasteiger partial charge on any atom is 0.163 e. The maximum absolute atomic E-state index is 5.68. The second-order valence-corrected chi connectivity index (χ2v) is 7.14. The molecule has 2 aliphatic rings. The van der Waals surface area contributed by atoms with Crippen molar-refractivity contribution in [2.75, 3.05) is 30.0 Å². The Labute approximate surface area is 164 Å². The van der Waals surface area contributed by atoms with E-state index in [1.165, 1.54) is 16.8 Å². The molecule has 0 spiro atoms. The van der Waals surface area contributed by atoms with Crippen molar-refractivity contribution >= 4 is 17.2 Å². The third-order valence-corrected chi connectivity index (χ3v) is 5.18. The first kappa shape index (κ1) is 16.9. The zero-order valence-corrected chi connectivity index (χ0v) is 15.8. The number of benzene rings is 2. The second-order valence-electron chi connectivity index (χ2n) is 7.14. The van der Waals surface area contributed by atoms with Crippen LogP contribution in [0.5, 0.6) is 11.5 Å². The van der Waals surface area contributed by atoms with Gasteiger partial charge in [0.25, 0.3) is 0 Å². The van der Waals surface area contributed by atoms with Crippen LogP contribution < -0.4 is 19.7 Å². The van der Waals surface area contributed by atoms with E-state index in [4.69, 9.17) is 9.47 Å². The average molecular weight is 374 g/mol. The smallest absolute Gasteiger partial charge is 0.163 e. The molecule has 0 bridgehead atoms. The minimum absolute atomic E-state index is 0.578. The molecule has 6 heteroatoms. The van der Waals surface area contributed by atoms with E-state index in [-0.39, 0.29) is 0 Å². The van der Waals surface area contributed by atoms with Crippen LogP contribution in [0.15, 0.2) is 48.8 Å². The summed E-state index contributed by atoms with van der Waals surface area (Å²) in [6.45, 7) is 5.03. The van der Waals surface area contributed by atoms with Crippen LogP contribution in [0.3, 0.4) is 0 Å². The predicted octanol–water partition coefficient (Wildman–Crippen LogP) is 3.86. The van der Waals surface area contributed by atoms with Gasteiger partial charge in [0.05, 0.1) is 12.2 Å². The normalized spacial score (nSPS) is 15.1. The molecule has 2 aromatic carbocycles. The quantitative estimate of drug-likeness (QED) is 0.751.